The summed E-state index contributed by atoms with van der Waals surface area (Å²) in [5, 5.41) is 3.88. The van der Waals surface area contributed by atoms with E-state index in [1.165, 1.54) is 71.1 Å². The van der Waals surface area contributed by atoms with Crippen LogP contribution >= 0.6 is 0 Å². The number of hydrogen-bond acceptors (Lipinski definition) is 3. The van der Waals surface area contributed by atoms with E-state index in [1.54, 1.807) is 0 Å². The highest BCUT2D eigenvalue weighted by Gasteiger charge is 2.39. The largest absolute Gasteiger partial charge is 0.312 e. The van der Waals surface area contributed by atoms with Gasteiger partial charge in [0.2, 0.25) is 0 Å². The zero-order chi connectivity index (χ0) is 13.7. The van der Waals surface area contributed by atoms with Crippen LogP contribution in [-0.4, -0.2) is 61.7 Å². The molecule has 0 bridgehead atoms. The molecule has 1 N–H and O–H groups in total. The lowest BCUT2D eigenvalue weighted by atomic mass is 9.75. The Morgan fingerprint density at radius 2 is 1.95 bits per heavy atom. The minimum atomic E-state index is 0.468. The minimum absolute atomic E-state index is 0.468. The molecular formula is C16H33N3. The number of hydrogen-bond donors (Lipinski definition) is 1. The van der Waals surface area contributed by atoms with E-state index in [2.05, 4.69) is 36.1 Å². The van der Waals surface area contributed by atoms with Crippen LogP contribution in [0.2, 0.25) is 0 Å². The van der Waals surface area contributed by atoms with E-state index < -0.39 is 0 Å². The van der Waals surface area contributed by atoms with Crippen LogP contribution < -0.4 is 5.32 Å². The van der Waals surface area contributed by atoms with Crippen molar-refractivity contribution in [3.63, 3.8) is 0 Å². The van der Waals surface area contributed by atoms with E-state index in [1.807, 2.05) is 0 Å². The molecule has 1 atom stereocenters. The Hall–Kier alpha value is -0.120. The van der Waals surface area contributed by atoms with Crippen molar-refractivity contribution in [2.24, 2.45) is 0 Å². The molecule has 1 saturated carbocycles. The lowest BCUT2D eigenvalue weighted by Crippen LogP contribution is -2.57. The summed E-state index contributed by atoms with van der Waals surface area (Å²) < 4.78 is 0. The van der Waals surface area contributed by atoms with Crippen LogP contribution in [0.4, 0.5) is 0 Å². The van der Waals surface area contributed by atoms with Crippen LogP contribution in [0.1, 0.15) is 51.9 Å². The second-order valence-corrected chi connectivity index (χ2v) is 6.82. The van der Waals surface area contributed by atoms with Gasteiger partial charge in [-0.2, -0.15) is 0 Å². The van der Waals surface area contributed by atoms with Gasteiger partial charge in [0.1, 0.15) is 0 Å². The van der Waals surface area contributed by atoms with Gasteiger partial charge in [0.15, 0.2) is 0 Å². The molecule has 1 unspecified atom stereocenters. The Morgan fingerprint density at radius 1 is 1.16 bits per heavy atom. The number of nitrogens with one attached hydrogen (secondary N) is 1. The highest BCUT2D eigenvalue weighted by molar-refractivity contribution is 4.98. The van der Waals surface area contributed by atoms with Gasteiger partial charge in [-0.25, -0.2) is 0 Å². The number of likely N-dealkylation sites (N-methyl/N-ethyl adjacent to an activating group) is 1. The first-order valence-electron chi connectivity index (χ1n) is 8.29. The molecule has 0 radical (unpaired) electrons. The lowest BCUT2D eigenvalue weighted by Gasteiger charge is -2.48. The molecule has 112 valence electrons. The minimum Gasteiger partial charge on any atom is -0.312 e. The van der Waals surface area contributed by atoms with E-state index in [9.17, 15) is 0 Å². The predicted molar refractivity (Wildman–Crippen MR) is 82.6 cm³/mol. The van der Waals surface area contributed by atoms with E-state index in [0.29, 0.717) is 5.54 Å². The molecule has 1 saturated heterocycles. The highest BCUT2D eigenvalue weighted by Crippen LogP contribution is 2.35. The molecule has 0 aromatic heterocycles. The SMILES string of the molecule is CCCN1CCCC(NCC2(N(C)C)CCC2)CC1. The molecule has 19 heavy (non-hydrogen) atoms. The molecule has 1 aliphatic carbocycles. The monoisotopic (exact) mass is 267 g/mol. The van der Waals surface area contributed by atoms with Gasteiger partial charge in [-0.1, -0.05) is 6.92 Å². The van der Waals surface area contributed by atoms with Crippen molar-refractivity contribution in [3.8, 4) is 0 Å². The predicted octanol–water partition coefficient (Wildman–Crippen LogP) is 2.32. The summed E-state index contributed by atoms with van der Waals surface area (Å²) in [6.45, 7) is 7.37. The maximum atomic E-state index is 3.88. The van der Waals surface area contributed by atoms with Gasteiger partial charge in [-0.15, -0.1) is 0 Å². The average Bonchev–Trinajstić information content (AvgIpc) is 2.54. The topological polar surface area (TPSA) is 18.5 Å². The van der Waals surface area contributed by atoms with Gasteiger partial charge in [0.25, 0.3) is 0 Å². The number of nitrogens with zero attached hydrogens (tertiary/aromatic N) is 2. The first-order chi connectivity index (χ1) is 9.16. The Balaban J connectivity index is 1.74. The Bertz CT molecular complexity index is 261. The lowest BCUT2D eigenvalue weighted by molar-refractivity contribution is 0.0565. The first kappa shape index (κ1) is 15.3. The summed E-state index contributed by atoms with van der Waals surface area (Å²) >= 11 is 0. The molecule has 2 fully saturated rings. The Kier molecular flexibility index (Phi) is 5.67. The summed E-state index contributed by atoms with van der Waals surface area (Å²) in [7, 11) is 4.49. The van der Waals surface area contributed by atoms with Gasteiger partial charge in [0, 0.05) is 18.1 Å². The third-order valence-corrected chi connectivity index (χ3v) is 5.31. The molecule has 0 aromatic carbocycles. The van der Waals surface area contributed by atoms with Gasteiger partial charge in [0.05, 0.1) is 0 Å². The van der Waals surface area contributed by atoms with Crippen LogP contribution in [0.5, 0.6) is 0 Å². The van der Waals surface area contributed by atoms with Crippen molar-refractivity contribution in [2.75, 3.05) is 40.3 Å². The molecule has 3 nitrogen and oxygen atoms in total. The van der Waals surface area contributed by atoms with Crippen LogP contribution in [0.15, 0.2) is 0 Å². The van der Waals surface area contributed by atoms with Gasteiger partial charge < -0.3 is 15.1 Å². The van der Waals surface area contributed by atoms with Gasteiger partial charge >= 0.3 is 0 Å². The summed E-state index contributed by atoms with van der Waals surface area (Å²) in [5.74, 6) is 0. The van der Waals surface area contributed by atoms with E-state index in [4.69, 9.17) is 0 Å². The molecule has 0 aromatic rings. The van der Waals surface area contributed by atoms with E-state index in [0.717, 1.165) is 6.04 Å². The second-order valence-electron chi connectivity index (χ2n) is 6.82. The van der Waals surface area contributed by atoms with E-state index in [-0.39, 0.29) is 0 Å². The summed E-state index contributed by atoms with van der Waals surface area (Å²) in [5.41, 5.74) is 0.468. The van der Waals surface area contributed by atoms with Crippen molar-refractivity contribution in [3.05, 3.63) is 0 Å². The van der Waals surface area contributed by atoms with Crippen LogP contribution in [-0.2, 0) is 0 Å². The summed E-state index contributed by atoms with van der Waals surface area (Å²) in [6, 6.07) is 0.749. The smallest absolute Gasteiger partial charge is 0.0328 e. The van der Waals surface area contributed by atoms with Crippen molar-refractivity contribution in [2.45, 2.75) is 63.5 Å². The van der Waals surface area contributed by atoms with Crippen LogP contribution in [0.25, 0.3) is 0 Å². The molecule has 1 heterocycles. The third kappa shape index (κ3) is 3.93. The van der Waals surface area contributed by atoms with Gasteiger partial charge in [-0.3, -0.25) is 0 Å². The Morgan fingerprint density at radius 3 is 2.53 bits per heavy atom. The molecule has 0 amide bonds. The molecule has 2 aliphatic rings. The molecule has 1 aliphatic heterocycles. The maximum absolute atomic E-state index is 3.88. The summed E-state index contributed by atoms with van der Waals surface area (Å²) in [6.07, 6.45) is 9.53. The first-order valence-corrected chi connectivity index (χ1v) is 8.29. The third-order valence-electron chi connectivity index (χ3n) is 5.31. The quantitative estimate of drug-likeness (QED) is 0.797. The van der Waals surface area contributed by atoms with Crippen molar-refractivity contribution < 1.29 is 0 Å². The fourth-order valence-corrected chi connectivity index (χ4v) is 3.60. The van der Waals surface area contributed by atoms with Crippen molar-refractivity contribution in [1.29, 1.82) is 0 Å². The second kappa shape index (κ2) is 7.05. The number of likely N-dealkylation sites (tertiary alicyclic amines) is 1. The standard InChI is InChI=1S/C16H33N3/c1-4-11-19-12-5-7-15(8-13-19)17-14-16(18(2)3)9-6-10-16/h15,17H,4-14H2,1-3H3. The fraction of sp³-hybridized carbons (Fsp3) is 1.00. The molecule has 3 heteroatoms. The molecule has 2 rings (SSSR count). The zero-order valence-electron chi connectivity index (χ0n) is 13.2. The van der Waals surface area contributed by atoms with Crippen molar-refractivity contribution in [1.82, 2.24) is 15.1 Å². The maximum Gasteiger partial charge on any atom is 0.0328 e. The van der Waals surface area contributed by atoms with E-state index >= 15 is 0 Å². The van der Waals surface area contributed by atoms with Crippen molar-refractivity contribution >= 4 is 0 Å². The zero-order valence-corrected chi connectivity index (χ0v) is 13.2. The molecule has 0 spiro atoms. The fourth-order valence-electron chi connectivity index (χ4n) is 3.60. The number of rotatable bonds is 6. The average molecular weight is 267 g/mol. The van der Waals surface area contributed by atoms with Gasteiger partial charge in [-0.05, 0) is 78.7 Å². The summed E-state index contributed by atoms with van der Waals surface area (Å²) in [4.78, 5) is 5.09. The highest BCUT2D eigenvalue weighted by atomic mass is 15.2. The molecular weight excluding hydrogens is 234 g/mol. The van der Waals surface area contributed by atoms with Crippen LogP contribution in [0, 0.1) is 0 Å². The Labute approximate surface area is 119 Å². The normalized spacial score (nSPS) is 28.1. The van der Waals surface area contributed by atoms with Crippen LogP contribution in [0.3, 0.4) is 0 Å².